The summed E-state index contributed by atoms with van der Waals surface area (Å²) in [6, 6.07) is 7.26. The highest BCUT2D eigenvalue weighted by atomic mass is 16.6. The molecule has 0 bridgehead atoms. The molecule has 100 valence electrons. The van der Waals surface area contributed by atoms with Crippen molar-refractivity contribution in [3.8, 4) is 0 Å². The van der Waals surface area contributed by atoms with Crippen LogP contribution in [-0.4, -0.2) is 18.0 Å². The lowest BCUT2D eigenvalue weighted by Crippen LogP contribution is -2.38. The third-order valence-corrected chi connectivity index (χ3v) is 3.26. The molecular formula is C14H22N2O2. The lowest BCUT2D eigenvalue weighted by molar-refractivity contribution is -0.384. The second-order valence-corrected chi connectivity index (χ2v) is 5.67. The second kappa shape index (κ2) is 5.96. The van der Waals surface area contributed by atoms with Crippen LogP contribution in [0.3, 0.4) is 0 Å². The van der Waals surface area contributed by atoms with Crippen molar-refractivity contribution in [3.63, 3.8) is 0 Å². The molecule has 1 atom stereocenters. The van der Waals surface area contributed by atoms with Gasteiger partial charge in [0, 0.05) is 18.2 Å². The fourth-order valence-electron chi connectivity index (χ4n) is 2.11. The highest BCUT2D eigenvalue weighted by Gasteiger charge is 2.22. The maximum atomic E-state index is 10.6. The van der Waals surface area contributed by atoms with E-state index in [0.717, 1.165) is 18.4 Å². The first-order valence-electron chi connectivity index (χ1n) is 6.25. The van der Waals surface area contributed by atoms with Gasteiger partial charge >= 0.3 is 0 Å². The van der Waals surface area contributed by atoms with Gasteiger partial charge in [0.1, 0.15) is 0 Å². The fraction of sp³-hybridized carbons (Fsp3) is 0.571. The number of nitro groups is 1. The number of hydrogen-bond acceptors (Lipinski definition) is 3. The smallest absolute Gasteiger partial charge is 0.269 e. The van der Waals surface area contributed by atoms with E-state index in [4.69, 9.17) is 0 Å². The summed E-state index contributed by atoms with van der Waals surface area (Å²) >= 11 is 0. The van der Waals surface area contributed by atoms with E-state index in [1.165, 1.54) is 0 Å². The molecular weight excluding hydrogens is 228 g/mol. The molecule has 0 aromatic heterocycles. The number of hydrogen-bond donors (Lipinski definition) is 1. The number of benzene rings is 1. The Kier molecular flexibility index (Phi) is 4.84. The first-order chi connectivity index (χ1) is 8.34. The van der Waals surface area contributed by atoms with Crippen LogP contribution in [0.1, 0.15) is 32.8 Å². The van der Waals surface area contributed by atoms with Gasteiger partial charge in [0.25, 0.3) is 5.69 Å². The Hall–Kier alpha value is -1.42. The number of nitrogens with one attached hydrogen (secondary N) is 1. The molecule has 0 heterocycles. The second-order valence-electron chi connectivity index (χ2n) is 5.67. The lowest BCUT2D eigenvalue weighted by atomic mass is 9.83. The van der Waals surface area contributed by atoms with E-state index in [1.807, 2.05) is 19.2 Å². The minimum atomic E-state index is -0.366. The molecule has 0 saturated carbocycles. The van der Waals surface area contributed by atoms with Crippen LogP contribution in [0.15, 0.2) is 24.3 Å². The van der Waals surface area contributed by atoms with Crippen molar-refractivity contribution in [2.45, 2.75) is 39.7 Å². The van der Waals surface area contributed by atoms with Crippen molar-refractivity contribution >= 4 is 5.69 Å². The summed E-state index contributed by atoms with van der Waals surface area (Å²) in [5.41, 5.74) is 1.51. The quantitative estimate of drug-likeness (QED) is 0.645. The Balaban J connectivity index is 2.60. The summed E-state index contributed by atoms with van der Waals surface area (Å²) in [6.07, 6.45) is 1.96. The summed E-state index contributed by atoms with van der Waals surface area (Å²) in [5.74, 6) is 0. The molecule has 1 aromatic carbocycles. The molecule has 1 rings (SSSR count). The van der Waals surface area contributed by atoms with Crippen molar-refractivity contribution in [3.05, 3.63) is 39.9 Å². The maximum Gasteiger partial charge on any atom is 0.269 e. The summed E-state index contributed by atoms with van der Waals surface area (Å²) in [4.78, 5) is 10.2. The van der Waals surface area contributed by atoms with Gasteiger partial charge < -0.3 is 5.32 Å². The zero-order valence-corrected chi connectivity index (χ0v) is 11.6. The maximum absolute atomic E-state index is 10.6. The molecule has 0 saturated heterocycles. The van der Waals surface area contributed by atoms with Gasteiger partial charge in [-0.25, -0.2) is 0 Å². The molecule has 0 aliphatic carbocycles. The summed E-state index contributed by atoms with van der Waals surface area (Å²) in [6.45, 7) is 6.64. The highest BCUT2D eigenvalue weighted by molar-refractivity contribution is 5.32. The summed E-state index contributed by atoms with van der Waals surface area (Å²) in [5, 5.41) is 13.9. The van der Waals surface area contributed by atoms with Crippen LogP contribution in [-0.2, 0) is 6.42 Å². The molecule has 4 nitrogen and oxygen atoms in total. The van der Waals surface area contributed by atoms with E-state index in [9.17, 15) is 10.1 Å². The number of aryl methyl sites for hydroxylation is 1. The average Bonchev–Trinajstić information content (AvgIpc) is 2.28. The van der Waals surface area contributed by atoms with Crippen LogP contribution in [0.4, 0.5) is 5.69 Å². The predicted molar refractivity (Wildman–Crippen MR) is 73.7 cm³/mol. The molecule has 4 heteroatoms. The molecule has 1 N–H and O–H groups in total. The van der Waals surface area contributed by atoms with Crippen LogP contribution in [0.25, 0.3) is 0 Å². The molecule has 0 radical (unpaired) electrons. The molecule has 18 heavy (non-hydrogen) atoms. The van der Waals surface area contributed by atoms with Crippen LogP contribution < -0.4 is 5.32 Å². The number of nitrogens with zero attached hydrogens (tertiary/aromatic N) is 1. The fourth-order valence-corrected chi connectivity index (χ4v) is 2.11. The predicted octanol–water partition coefficient (Wildman–Crippen LogP) is 3.16. The molecule has 0 spiro atoms. The molecule has 0 amide bonds. The van der Waals surface area contributed by atoms with Gasteiger partial charge in [0.15, 0.2) is 0 Å². The van der Waals surface area contributed by atoms with Gasteiger partial charge in [0.2, 0.25) is 0 Å². The van der Waals surface area contributed by atoms with Gasteiger partial charge in [-0.05, 0) is 30.9 Å². The Morgan fingerprint density at radius 2 is 1.83 bits per heavy atom. The largest absolute Gasteiger partial charge is 0.316 e. The Morgan fingerprint density at radius 3 is 2.22 bits per heavy atom. The number of rotatable bonds is 5. The molecule has 1 aromatic rings. The van der Waals surface area contributed by atoms with Crippen LogP contribution >= 0.6 is 0 Å². The topological polar surface area (TPSA) is 55.2 Å². The molecule has 0 aliphatic rings. The highest BCUT2D eigenvalue weighted by Crippen LogP contribution is 2.23. The Bertz CT molecular complexity index is 393. The standard InChI is InChI=1S/C14H22N2O2/c1-14(2,3)13(15-4)10-7-11-5-8-12(9-6-11)16(17)18/h5-6,8-9,13,15H,7,10H2,1-4H3. The SMILES string of the molecule is CNC(CCc1ccc([N+](=O)[O-])cc1)C(C)(C)C. The summed E-state index contributed by atoms with van der Waals surface area (Å²) < 4.78 is 0. The normalized spacial score (nSPS) is 13.3. The molecule has 0 aliphatic heterocycles. The van der Waals surface area contributed by atoms with Crippen LogP contribution in [0, 0.1) is 15.5 Å². The van der Waals surface area contributed by atoms with Crippen molar-refractivity contribution in [2.75, 3.05) is 7.05 Å². The van der Waals surface area contributed by atoms with Crippen LogP contribution in [0.5, 0.6) is 0 Å². The van der Waals surface area contributed by atoms with Crippen LogP contribution in [0.2, 0.25) is 0 Å². The van der Waals surface area contributed by atoms with E-state index >= 15 is 0 Å². The van der Waals surface area contributed by atoms with E-state index in [0.29, 0.717) is 6.04 Å². The first kappa shape index (κ1) is 14.6. The zero-order chi connectivity index (χ0) is 13.8. The van der Waals surface area contributed by atoms with Gasteiger partial charge in [0.05, 0.1) is 4.92 Å². The zero-order valence-electron chi connectivity index (χ0n) is 11.6. The summed E-state index contributed by atoms with van der Waals surface area (Å²) in [7, 11) is 1.98. The van der Waals surface area contributed by atoms with Crippen molar-refractivity contribution in [2.24, 2.45) is 5.41 Å². The monoisotopic (exact) mass is 250 g/mol. The van der Waals surface area contributed by atoms with E-state index in [-0.39, 0.29) is 16.0 Å². The van der Waals surface area contributed by atoms with E-state index in [1.54, 1.807) is 12.1 Å². The van der Waals surface area contributed by atoms with E-state index < -0.39 is 0 Å². The Labute approximate surface area is 109 Å². The Morgan fingerprint density at radius 1 is 1.28 bits per heavy atom. The van der Waals surface area contributed by atoms with Gasteiger partial charge in [-0.3, -0.25) is 10.1 Å². The molecule has 0 fully saturated rings. The molecule has 1 unspecified atom stereocenters. The number of nitro benzene ring substituents is 1. The van der Waals surface area contributed by atoms with E-state index in [2.05, 4.69) is 26.1 Å². The van der Waals surface area contributed by atoms with Gasteiger partial charge in [-0.15, -0.1) is 0 Å². The van der Waals surface area contributed by atoms with Crippen molar-refractivity contribution < 1.29 is 4.92 Å². The van der Waals surface area contributed by atoms with Crippen molar-refractivity contribution in [1.29, 1.82) is 0 Å². The minimum Gasteiger partial charge on any atom is -0.316 e. The third-order valence-electron chi connectivity index (χ3n) is 3.26. The third kappa shape index (κ3) is 4.11. The van der Waals surface area contributed by atoms with Gasteiger partial charge in [-0.1, -0.05) is 32.9 Å². The lowest BCUT2D eigenvalue weighted by Gasteiger charge is -2.30. The number of non-ortho nitro benzene ring substituents is 1. The van der Waals surface area contributed by atoms with Gasteiger partial charge in [-0.2, -0.15) is 0 Å². The minimum absolute atomic E-state index is 0.153. The van der Waals surface area contributed by atoms with Crippen molar-refractivity contribution in [1.82, 2.24) is 5.32 Å². The average molecular weight is 250 g/mol. The first-order valence-corrected chi connectivity index (χ1v) is 6.25.